The second-order valence-corrected chi connectivity index (χ2v) is 7.45. The Morgan fingerprint density at radius 3 is 2.38 bits per heavy atom. The van der Waals surface area contributed by atoms with Gasteiger partial charge in [-0.15, -0.1) is 0 Å². The second kappa shape index (κ2) is 8.21. The van der Waals surface area contributed by atoms with Crippen molar-refractivity contribution in [2.75, 3.05) is 43.6 Å². The van der Waals surface area contributed by atoms with Crippen LogP contribution in [0.5, 0.6) is 0 Å². The number of carbonyl (C=O) groups is 2. The number of hydrogen-bond donors (Lipinski definition) is 1. The van der Waals surface area contributed by atoms with Crippen molar-refractivity contribution in [1.82, 2.24) is 4.90 Å². The van der Waals surface area contributed by atoms with Crippen LogP contribution in [0.2, 0.25) is 0 Å². The number of anilines is 2. The Hall–Kier alpha value is -2.93. The molecule has 4 rings (SSSR count). The lowest BCUT2D eigenvalue weighted by Crippen LogP contribution is -2.36. The first-order valence-electron chi connectivity index (χ1n) is 9.77. The summed E-state index contributed by atoms with van der Waals surface area (Å²) in [6.07, 6.45) is 0.135. The van der Waals surface area contributed by atoms with Crippen LogP contribution >= 0.6 is 0 Å². The van der Waals surface area contributed by atoms with Gasteiger partial charge in [0.2, 0.25) is 11.8 Å². The van der Waals surface area contributed by atoms with Gasteiger partial charge in [0, 0.05) is 37.9 Å². The first kappa shape index (κ1) is 19.4. The quantitative estimate of drug-likeness (QED) is 0.862. The summed E-state index contributed by atoms with van der Waals surface area (Å²) in [7, 11) is 1.68. The fraction of sp³-hybridized carbons (Fsp3) is 0.364. The summed E-state index contributed by atoms with van der Waals surface area (Å²) in [5, 5.41) is 2.93. The van der Waals surface area contributed by atoms with Gasteiger partial charge in [-0.3, -0.25) is 9.59 Å². The lowest BCUT2D eigenvalue weighted by molar-refractivity contribution is -0.127. The molecule has 0 spiro atoms. The number of likely N-dealkylation sites (tertiary alicyclic amines) is 1. The molecule has 2 saturated heterocycles. The molecule has 2 aromatic rings. The van der Waals surface area contributed by atoms with E-state index >= 15 is 0 Å². The summed E-state index contributed by atoms with van der Waals surface area (Å²) in [6.45, 7) is 3.13. The summed E-state index contributed by atoms with van der Waals surface area (Å²) >= 11 is 0. The zero-order chi connectivity index (χ0) is 20.4. The van der Waals surface area contributed by atoms with Gasteiger partial charge < -0.3 is 19.9 Å². The van der Waals surface area contributed by atoms with E-state index in [-0.39, 0.29) is 24.1 Å². The summed E-state index contributed by atoms with van der Waals surface area (Å²) < 4.78 is 18.7. The van der Waals surface area contributed by atoms with E-state index < -0.39 is 12.0 Å². The summed E-state index contributed by atoms with van der Waals surface area (Å²) in [5.74, 6) is -1.18. The molecule has 0 radical (unpaired) electrons. The van der Waals surface area contributed by atoms with E-state index in [2.05, 4.69) is 10.2 Å². The molecule has 152 valence electrons. The third kappa shape index (κ3) is 4.10. The molecule has 1 N–H and O–H groups in total. The van der Waals surface area contributed by atoms with Gasteiger partial charge in [-0.2, -0.15) is 0 Å². The molecule has 0 aromatic heterocycles. The van der Waals surface area contributed by atoms with E-state index in [0.717, 1.165) is 24.3 Å². The third-order valence-electron chi connectivity index (χ3n) is 5.65. The van der Waals surface area contributed by atoms with Crippen molar-refractivity contribution in [2.24, 2.45) is 5.92 Å². The molecule has 2 amide bonds. The average Bonchev–Trinajstić information content (AvgIpc) is 3.05. The van der Waals surface area contributed by atoms with Crippen molar-refractivity contribution in [3.8, 4) is 0 Å². The number of rotatable bonds is 4. The normalized spacial score (nSPS) is 22.1. The smallest absolute Gasteiger partial charge is 0.230 e. The van der Waals surface area contributed by atoms with E-state index in [1.807, 2.05) is 24.3 Å². The number of nitrogens with zero attached hydrogens (tertiary/aromatic N) is 2. The van der Waals surface area contributed by atoms with Crippen LogP contribution in [0.25, 0.3) is 0 Å². The molecule has 29 heavy (non-hydrogen) atoms. The molecule has 0 saturated carbocycles. The van der Waals surface area contributed by atoms with Gasteiger partial charge in [-0.1, -0.05) is 12.1 Å². The molecule has 2 atom stereocenters. The Bertz CT molecular complexity index is 879. The number of carbonyl (C=O) groups excluding carboxylic acids is 2. The highest BCUT2D eigenvalue weighted by Gasteiger charge is 2.42. The molecule has 0 bridgehead atoms. The Kier molecular flexibility index (Phi) is 5.49. The van der Waals surface area contributed by atoms with Crippen molar-refractivity contribution in [3.63, 3.8) is 0 Å². The Morgan fingerprint density at radius 1 is 1.07 bits per heavy atom. The molecule has 2 aliphatic heterocycles. The van der Waals surface area contributed by atoms with Crippen molar-refractivity contribution < 1.29 is 18.7 Å². The van der Waals surface area contributed by atoms with Crippen LogP contribution < -0.4 is 10.2 Å². The zero-order valence-electron chi connectivity index (χ0n) is 16.3. The largest absolute Gasteiger partial charge is 0.378 e. The van der Waals surface area contributed by atoms with Gasteiger partial charge in [-0.25, -0.2) is 4.39 Å². The Morgan fingerprint density at radius 2 is 1.72 bits per heavy atom. The summed E-state index contributed by atoms with van der Waals surface area (Å²) in [5.41, 5.74) is 2.53. The van der Waals surface area contributed by atoms with Gasteiger partial charge in [0.05, 0.1) is 25.2 Å². The van der Waals surface area contributed by atoms with Crippen LogP contribution in [0.3, 0.4) is 0 Å². The number of hydrogen-bond acceptors (Lipinski definition) is 4. The van der Waals surface area contributed by atoms with Gasteiger partial charge in [-0.05, 0) is 42.0 Å². The number of benzene rings is 2. The highest BCUT2D eigenvalue weighted by Crippen LogP contribution is 2.37. The standard InChI is InChI=1S/C22H24FN3O3/c1-25-20(27)14-19(21(25)15-2-4-16(23)5-3-15)22(28)24-17-6-8-18(9-7-17)26-10-12-29-13-11-26/h2-9,19,21H,10-14H2,1H3,(H,24,28)/t19-,21-/m0/s1. The van der Waals surface area contributed by atoms with Gasteiger partial charge in [0.15, 0.2) is 0 Å². The van der Waals surface area contributed by atoms with Crippen molar-refractivity contribution in [3.05, 3.63) is 59.9 Å². The summed E-state index contributed by atoms with van der Waals surface area (Å²) in [4.78, 5) is 29.0. The number of nitrogens with one attached hydrogen (secondary N) is 1. The van der Waals surface area contributed by atoms with Crippen molar-refractivity contribution in [1.29, 1.82) is 0 Å². The molecule has 2 aromatic carbocycles. The van der Waals surface area contributed by atoms with Crippen LogP contribution in [-0.2, 0) is 14.3 Å². The predicted molar refractivity (Wildman–Crippen MR) is 108 cm³/mol. The Labute approximate surface area is 169 Å². The zero-order valence-corrected chi connectivity index (χ0v) is 16.3. The van der Waals surface area contributed by atoms with Crippen molar-refractivity contribution >= 4 is 23.2 Å². The summed E-state index contributed by atoms with van der Waals surface area (Å²) in [6, 6.07) is 13.3. The van der Waals surface area contributed by atoms with Crippen LogP contribution in [0.15, 0.2) is 48.5 Å². The minimum absolute atomic E-state index is 0.0952. The molecular formula is C22H24FN3O3. The van der Waals surface area contributed by atoms with E-state index in [1.165, 1.54) is 12.1 Å². The molecule has 7 heteroatoms. The fourth-order valence-electron chi connectivity index (χ4n) is 4.03. The second-order valence-electron chi connectivity index (χ2n) is 7.45. The number of halogens is 1. The maximum atomic E-state index is 13.3. The van der Waals surface area contributed by atoms with Gasteiger partial charge in [0.25, 0.3) is 0 Å². The molecule has 0 aliphatic carbocycles. The van der Waals surface area contributed by atoms with Gasteiger partial charge in [0.1, 0.15) is 5.82 Å². The topological polar surface area (TPSA) is 61.9 Å². The molecule has 2 fully saturated rings. The molecule has 0 unspecified atom stereocenters. The Balaban J connectivity index is 1.47. The van der Waals surface area contributed by atoms with E-state index in [9.17, 15) is 14.0 Å². The van der Waals surface area contributed by atoms with Crippen molar-refractivity contribution in [2.45, 2.75) is 12.5 Å². The minimum Gasteiger partial charge on any atom is -0.378 e. The minimum atomic E-state index is -0.531. The SMILES string of the molecule is CN1C(=O)C[C@H](C(=O)Nc2ccc(N3CCOCC3)cc2)[C@@H]1c1ccc(F)cc1. The number of amides is 2. The van der Waals surface area contributed by atoms with Crippen LogP contribution in [0, 0.1) is 11.7 Å². The molecule has 6 nitrogen and oxygen atoms in total. The third-order valence-corrected chi connectivity index (χ3v) is 5.65. The predicted octanol–water partition coefficient (Wildman–Crippen LogP) is 2.82. The maximum Gasteiger partial charge on any atom is 0.230 e. The van der Waals surface area contributed by atoms with Crippen LogP contribution in [-0.4, -0.2) is 50.1 Å². The first-order chi connectivity index (χ1) is 14.0. The molecular weight excluding hydrogens is 373 g/mol. The first-order valence-corrected chi connectivity index (χ1v) is 9.77. The lowest BCUT2D eigenvalue weighted by atomic mass is 9.93. The van der Waals surface area contributed by atoms with E-state index in [1.54, 1.807) is 24.1 Å². The average molecular weight is 397 g/mol. The van der Waals surface area contributed by atoms with Gasteiger partial charge >= 0.3 is 0 Å². The molecule has 2 aliphatic rings. The lowest BCUT2D eigenvalue weighted by Gasteiger charge is -2.29. The van der Waals surface area contributed by atoms with Crippen LogP contribution in [0.4, 0.5) is 15.8 Å². The van der Waals surface area contributed by atoms with E-state index in [0.29, 0.717) is 18.9 Å². The van der Waals surface area contributed by atoms with Crippen LogP contribution in [0.1, 0.15) is 18.0 Å². The highest BCUT2D eigenvalue weighted by atomic mass is 19.1. The molecule has 2 heterocycles. The number of morpholine rings is 1. The monoisotopic (exact) mass is 397 g/mol. The highest BCUT2D eigenvalue weighted by molar-refractivity contribution is 5.98. The van der Waals surface area contributed by atoms with E-state index in [4.69, 9.17) is 4.74 Å². The maximum absolute atomic E-state index is 13.3. The fourth-order valence-corrected chi connectivity index (χ4v) is 4.03. The number of ether oxygens (including phenoxy) is 1.